The van der Waals surface area contributed by atoms with Crippen molar-refractivity contribution in [2.75, 3.05) is 40.3 Å². The van der Waals surface area contributed by atoms with Crippen molar-refractivity contribution in [1.82, 2.24) is 15.1 Å². The third-order valence-electron chi connectivity index (χ3n) is 5.09. The van der Waals surface area contributed by atoms with Gasteiger partial charge in [-0.2, -0.15) is 0 Å². The maximum atomic E-state index is 3.87. The Morgan fingerprint density at radius 2 is 1.86 bits per heavy atom. The zero-order valence-corrected chi connectivity index (χ0v) is 15.4. The van der Waals surface area contributed by atoms with Gasteiger partial charge in [-0.1, -0.05) is 34.1 Å². The second kappa shape index (κ2) is 9.12. The lowest BCUT2D eigenvalue weighted by molar-refractivity contribution is 0.0494. The van der Waals surface area contributed by atoms with Gasteiger partial charge in [0, 0.05) is 12.1 Å². The first-order chi connectivity index (χ1) is 9.92. The molecule has 1 saturated carbocycles. The average Bonchev–Trinajstić information content (AvgIpc) is 2.41. The van der Waals surface area contributed by atoms with Gasteiger partial charge in [0.15, 0.2) is 0 Å². The van der Waals surface area contributed by atoms with Crippen LogP contribution in [0.25, 0.3) is 0 Å². The summed E-state index contributed by atoms with van der Waals surface area (Å²) in [7, 11) is 4.34. The van der Waals surface area contributed by atoms with E-state index in [1.54, 1.807) is 0 Å². The Kier molecular flexibility index (Phi) is 8.22. The fraction of sp³-hybridized carbons (Fsp3) is 1.00. The summed E-state index contributed by atoms with van der Waals surface area (Å²) in [5.41, 5.74) is 0.424. The molecular weight excluding hydrogens is 258 g/mol. The third kappa shape index (κ3) is 5.88. The molecule has 0 aromatic rings. The quantitative estimate of drug-likeness (QED) is 0.705. The van der Waals surface area contributed by atoms with Crippen molar-refractivity contribution < 1.29 is 0 Å². The molecule has 2 unspecified atom stereocenters. The highest BCUT2D eigenvalue weighted by molar-refractivity contribution is 4.98. The summed E-state index contributed by atoms with van der Waals surface area (Å²) in [4.78, 5) is 5.03. The minimum Gasteiger partial charge on any atom is -0.312 e. The number of likely N-dealkylation sites (N-methyl/N-ethyl adjacent to an activating group) is 1. The zero-order chi connectivity index (χ0) is 15.9. The number of hydrogen-bond acceptors (Lipinski definition) is 3. The Hall–Kier alpha value is -0.120. The molecule has 0 aromatic heterocycles. The largest absolute Gasteiger partial charge is 0.312 e. The van der Waals surface area contributed by atoms with Crippen LogP contribution in [-0.4, -0.2) is 62.2 Å². The lowest BCUT2D eigenvalue weighted by Crippen LogP contribution is -2.59. The average molecular weight is 298 g/mol. The predicted octanol–water partition coefficient (Wildman–Crippen LogP) is 3.21. The maximum Gasteiger partial charge on any atom is 0.0274 e. The highest BCUT2D eigenvalue weighted by atomic mass is 15.2. The third-order valence-corrected chi connectivity index (χ3v) is 5.09. The monoisotopic (exact) mass is 297 g/mol. The molecule has 1 fully saturated rings. The molecule has 0 aliphatic heterocycles. The Morgan fingerprint density at radius 1 is 1.14 bits per heavy atom. The van der Waals surface area contributed by atoms with Gasteiger partial charge < -0.3 is 10.2 Å². The lowest BCUT2D eigenvalue weighted by Gasteiger charge is -2.49. The Bertz CT molecular complexity index is 276. The summed E-state index contributed by atoms with van der Waals surface area (Å²) < 4.78 is 0. The number of nitrogens with zero attached hydrogens (tertiary/aromatic N) is 2. The van der Waals surface area contributed by atoms with Gasteiger partial charge in [0.25, 0.3) is 0 Å². The molecule has 0 aromatic carbocycles. The van der Waals surface area contributed by atoms with Crippen molar-refractivity contribution in [1.29, 1.82) is 0 Å². The van der Waals surface area contributed by atoms with Crippen LogP contribution in [0.2, 0.25) is 0 Å². The van der Waals surface area contributed by atoms with Crippen LogP contribution >= 0.6 is 0 Å². The molecule has 0 saturated heterocycles. The number of nitrogens with one attached hydrogen (secondary N) is 1. The van der Waals surface area contributed by atoms with Crippen LogP contribution in [0, 0.1) is 5.41 Å². The molecule has 0 radical (unpaired) electrons. The van der Waals surface area contributed by atoms with Crippen molar-refractivity contribution in [3.05, 3.63) is 0 Å². The minimum absolute atomic E-state index is 0.424. The van der Waals surface area contributed by atoms with Gasteiger partial charge in [-0.25, -0.2) is 0 Å². The minimum atomic E-state index is 0.424. The molecule has 2 atom stereocenters. The molecule has 1 aliphatic rings. The van der Waals surface area contributed by atoms with Gasteiger partial charge >= 0.3 is 0 Å². The van der Waals surface area contributed by atoms with Gasteiger partial charge in [-0.15, -0.1) is 0 Å². The smallest absolute Gasteiger partial charge is 0.0274 e. The molecule has 1 rings (SSSR count). The van der Waals surface area contributed by atoms with E-state index in [1.807, 2.05) is 0 Å². The fourth-order valence-corrected chi connectivity index (χ4v) is 3.86. The molecule has 1 aliphatic carbocycles. The Labute approximate surface area is 133 Å². The number of hydrogen-bond donors (Lipinski definition) is 1. The predicted molar refractivity (Wildman–Crippen MR) is 93.9 cm³/mol. The summed E-state index contributed by atoms with van der Waals surface area (Å²) in [5, 5.41) is 3.87. The standard InChI is InChI=1S/C18H39N3/c1-7-13-19-17-16(11-9-12-18(17,3)4)21(8-2)15-10-14-20(5)6/h16-17,19H,7-15H2,1-6H3. The van der Waals surface area contributed by atoms with E-state index in [1.165, 1.54) is 51.7 Å². The lowest BCUT2D eigenvalue weighted by atomic mass is 9.70. The van der Waals surface area contributed by atoms with Crippen molar-refractivity contribution in [3.8, 4) is 0 Å². The van der Waals surface area contributed by atoms with Gasteiger partial charge in [0.1, 0.15) is 0 Å². The summed E-state index contributed by atoms with van der Waals surface area (Å²) in [6.45, 7) is 14.3. The van der Waals surface area contributed by atoms with E-state index >= 15 is 0 Å². The van der Waals surface area contributed by atoms with Crippen molar-refractivity contribution in [2.45, 2.75) is 71.9 Å². The SMILES string of the molecule is CCCNC1C(N(CC)CCCN(C)C)CCCC1(C)C. The van der Waals surface area contributed by atoms with Crippen LogP contribution < -0.4 is 5.32 Å². The van der Waals surface area contributed by atoms with E-state index in [0.717, 1.165) is 6.54 Å². The molecule has 21 heavy (non-hydrogen) atoms. The van der Waals surface area contributed by atoms with Crippen LogP contribution in [0.5, 0.6) is 0 Å². The van der Waals surface area contributed by atoms with E-state index < -0.39 is 0 Å². The highest BCUT2D eigenvalue weighted by Crippen LogP contribution is 2.37. The molecule has 0 spiro atoms. The van der Waals surface area contributed by atoms with Crippen LogP contribution in [0.3, 0.4) is 0 Å². The van der Waals surface area contributed by atoms with E-state index in [0.29, 0.717) is 17.5 Å². The van der Waals surface area contributed by atoms with Crippen LogP contribution in [0.4, 0.5) is 0 Å². The second-order valence-corrected chi connectivity index (χ2v) is 7.67. The summed E-state index contributed by atoms with van der Waals surface area (Å²) in [6, 6.07) is 1.36. The molecule has 3 heteroatoms. The molecule has 1 N–H and O–H groups in total. The molecule has 3 nitrogen and oxygen atoms in total. The molecule has 0 bridgehead atoms. The summed E-state index contributed by atoms with van der Waals surface area (Å²) in [6.07, 6.45) is 6.61. The van der Waals surface area contributed by atoms with Gasteiger partial charge in [0.2, 0.25) is 0 Å². The van der Waals surface area contributed by atoms with E-state index in [-0.39, 0.29) is 0 Å². The normalized spacial score (nSPS) is 25.7. The topological polar surface area (TPSA) is 18.5 Å². The zero-order valence-electron chi connectivity index (χ0n) is 15.4. The highest BCUT2D eigenvalue weighted by Gasteiger charge is 2.40. The Morgan fingerprint density at radius 3 is 2.43 bits per heavy atom. The van der Waals surface area contributed by atoms with Gasteiger partial charge in [-0.05, 0) is 71.4 Å². The number of rotatable bonds is 9. The van der Waals surface area contributed by atoms with Crippen LogP contribution in [-0.2, 0) is 0 Å². The van der Waals surface area contributed by atoms with Gasteiger partial charge in [0.05, 0.1) is 0 Å². The molecule has 126 valence electrons. The van der Waals surface area contributed by atoms with Crippen LogP contribution in [0.1, 0.15) is 59.8 Å². The molecular formula is C18H39N3. The van der Waals surface area contributed by atoms with E-state index in [9.17, 15) is 0 Å². The maximum absolute atomic E-state index is 3.87. The van der Waals surface area contributed by atoms with Crippen molar-refractivity contribution in [3.63, 3.8) is 0 Å². The van der Waals surface area contributed by atoms with Gasteiger partial charge in [-0.3, -0.25) is 4.90 Å². The second-order valence-electron chi connectivity index (χ2n) is 7.67. The summed E-state index contributed by atoms with van der Waals surface area (Å²) >= 11 is 0. The first-order valence-corrected chi connectivity index (χ1v) is 9.04. The first-order valence-electron chi connectivity index (χ1n) is 9.04. The summed E-state index contributed by atoms with van der Waals surface area (Å²) in [5.74, 6) is 0. The van der Waals surface area contributed by atoms with Crippen LogP contribution in [0.15, 0.2) is 0 Å². The molecule has 0 heterocycles. The fourth-order valence-electron chi connectivity index (χ4n) is 3.86. The van der Waals surface area contributed by atoms with Crippen molar-refractivity contribution in [2.24, 2.45) is 5.41 Å². The van der Waals surface area contributed by atoms with Crippen molar-refractivity contribution >= 4 is 0 Å². The molecule has 0 amide bonds. The van der Waals surface area contributed by atoms with E-state index in [2.05, 4.69) is 56.9 Å². The van der Waals surface area contributed by atoms with E-state index in [4.69, 9.17) is 0 Å². The Balaban J connectivity index is 2.68. The first kappa shape index (κ1) is 18.9.